The number of hydrogen-bond acceptors (Lipinski definition) is 7. The van der Waals surface area contributed by atoms with Gasteiger partial charge in [-0.15, -0.1) is 7.92 Å². The number of halogens is 1. The van der Waals surface area contributed by atoms with Crippen LogP contribution in [-0.2, 0) is 16.1 Å². The molecule has 1 unspecified atom stereocenters. The van der Waals surface area contributed by atoms with Crippen molar-refractivity contribution in [2.45, 2.75) is 39.0 Å². The molecule has 0 radical (unpaired) electrons. The maximum Gasteiger partial charge on any atom is 0.337 e. The van der Waals surface area contributed by atoms with Gasteiger partial charge in [-0.05, 0) is 107 Å². The number of allylic oxidation sites excluding steroid dienone is 3. The molecule has 1 aliphatic heterocycles. The van der Waals surface area contributed by atoms with Gasteiger partial charge in [-0.25, -0.2) is 9.18 Å². The number of carbonyl (C=O) groups is 1. The molecule has 1 saturated heterocycles. The van der Waals surface area contributed by atoms with Gasteiger partial charge in [0.25, 0.3) is 0 Å². The lowest BCUT2D eigenvalue weighted by atomic mass is 9.92. The lowest BCUT2D eigenvalue weighted by molar-refractivity contribution is 0.0600. The van der Waals surface area contributed by atoms with Gasteiger partial charge in [0.1, 0.15) is 12.4 Å². The molecule has 1 fully saturated rings. The SMILES string of the molecule is CN/C(=C\C=C/C(C1CCN(CC(C)=Nc2ccc(C(=O)OC)cc2C)CC1)P(C)C)OCc1ccc(C#N)cc1F. The topological polar surface area (TPSA) is 87.0 Å². The van der Waals surface area contributed by atoms with Crippen molar-refractivity contribution in [2.75, 3.05) is 47.1 Å². The fraction of sp³-hybridized carbons (Fsp3) is 0.424. The van der Waals surface area contributed by atoms with Gasteiger partial charge in [0.15, 0.2) is 5.88 Å². The number of carbonyl (C=O) groups excluding carboxylic acids is 1. The fourth-order valence-corrected chi connectivity index (χ4v) is 6.73. The highest BCUT2D eigenvalue weighted by molar-refractivity contribution is 7.57. The molecular formula is C33H42FN4O3P. The Morgan fingerprint density at radius 3 is 2.60 bits per heavy atom. The van der Waals surface area contributed by atoms with Gasteiger partial charge in [0.2, 0.25) is 0 Å². The Hall–Kier alpha value is -3.53. The number of rotatable bonds is 12. The molecule has 3 rings (SSSR count). The minimum absolute atomic E-state index is 0.0787. The smallest absolute Gasteiger partial charge is 0.337 e. The third-order valence-electron chi connectivity index (χ3n) is 7.46. The van der Waals surface area contributed by atoms with Crippen molar-refractivity contribution in [1.82, 2.24) is 10.2 Å². The van der Waals surface area contributed by atoms with Gasteiger partial charge >= 0.3 is 5.97 Å². The van der Waals surface area contributed by atoms with E-state index in [-0.39, 0.29) is 20.5 Å². The maximum atomic E-state index is 14.2. The van der Waals surface area contributed by atoms with Crippen LogP contribution in [0.3, 0.4) is 0 Å². The zero-order chi connectivity index (χ0) is 30.6. The van der Waals surface area contributed by atoms with Gasteiger partial charge in [-0.1, -0.05) is 18.2 Å². The number of ether oxygens (including phenoxy) is 2. The molecule has 0 amide bonds. The summed E-state index contributed by atoms with van der Waals surface area (Å²) in [6.07, 6.45) is 8.49. The Balaban J connectivity index is 1.54. The van der Waals surface area contributed by atoms with Gasteiger partial charge in [0, 0.05) is 24.9 Å². The van der Waals surface area contributed by atoms with E-state index in [0.29, 0.717) is 34.2 Å². The van der Waals surface area contributed by atoms with E-state index in [4.69, 9.17) is 19.7 Å². The Morgan fingerprint density at radius 2 is 2.00 bits per heavy atom. The van der Waals surface area contributed by atoms with Crippen LogP contribution in [0.4, 0.5) is 10.1 Å². The summed E-state index contributed by atoms with van der Waals surface area (Å²) in [4.78, 5) is 19.1. The number of methoxy groups -OCH3 is 1. The number of nitriles is 1. The predicted molar refractivity (Wildman–Crippen MR) is 169 cm³/mol. The molecule has 9 heteroatoms. The largest absolute Gasteiger partial charge is 0.474 e. The molecule has 0 spiro atoms. The molecule has 1 aliphatic rings. The van der Waals surface area contributed by atoms with Crippen LogP contribution in [0.5, 0.6) is 0 Å². The number of aliphatic imine (C=N–C) groups is 1. The van der Waals surface area contributed by atoms with Crippen molar-refractivity contribution in [1.29, 1.82) is 5.26 Å². The molecular weight excluding hydrogens is 550 g/mol. The first-order chi connectivity index (χ1) is 20.1. The molecule has 2 aromatic rings. The molecule has 7 nitrogen and oxygen atoms in total. The van der Waals surface area contributed by atoms with Crippen molar-refractivity contribution in [3.05, 3.63) is 88.6 Å². The van der Waals surface area contributed by atoms with E-state index < -0.39 is 5.82 Å². The molecule has 224 valence electrons. The van der Waals surface area contributed by atoms with Gasteiger partial charge in [-0.3, -0.25) is 9.89 Å². The average Bonchev–Trinajstić information content (AvgIpc) is 2.98. The summed E-state index contributed by atoms with van der Waals surface area (Å²) in [7, 11) is 2.98. The fourth-order valence-electron chi connectivity index (χ4n) is 5.14. The predicted octanol–water partition coefficient (Wildman–Crippen LogP) is 6.54. The third kappa shape index (κ3) is 9.51. The van der Waals surface area contributed by atoms with Crippen LogP contribution in [0, 0.1) is 30.0 Å². The molecule has 42 heavy (non-hydrogen) atoms. The van der Waals surface area contributed by atoms with E-state index in [1.807, 2.05) is 37.3 Å². The monoisotopic (exact) mass is 592 g/mol. The summed E-state index contributed by atoms with van der Waals surface area (Å²) in [6.45, 7) is 11.6. The quantitative estimate of drug-likeness (QED) is 0.0990. The first-order valence-electron chi connectivity index (χ1n) is 14.1. The Kier molecular flexibility index (Phi) is 12.7. The zero-order valence-electron chi connectivity index (χ0n) is 25.5. The maximum absolute atomic E-state index is 14.2. The second-order valence-electron chi connectivity index (χ2n) is 10.8. The van der Waals surface area contributed by atoms with Crippen LogP contribution < -0.4 is 5.32 Å². The molecule has 0 bridgehead atoms. The van der Waals surface area contributed by atoms with Crippen molar-refractivity contribution >= 4 is 25.3 Å². The first-order valence-corrected chi connectivity index (χ1v) is 16.4. The van der Waals surface area contributed by atoms with Crippen LogP contribution >= 0.6 is 7.92 Å². The van der Waals surface area contributed by atoms with Gasteiger partial charge < -0.3 is 14.8 Å². The Morgan fingerprint density at radius 1 is 1.26 bits per heavy atom. The number of nitrogens with zero attached hydrogens (tertiary/aromatic N) is 3. The molecule has 0 aromatic heterocycles. The van der Waals surface area contributed by atoms with Crippen LogP contribution in [0.15, 0.2) is 65.5 Å². The minimum Gasteiger partial charge on any atom is -0.474 e. The van der Waals surface area contributed by atoms with Crippen LogP contribution in [0.1, 0.15) is 46.8 Å². The Labute approximate surface area is 250 Å². The second-order valence-corrected chi connectivity index (χ2v) is 13.3. The number of benzene rings is 2. The Bertz CT molecular complexity index is 1360. The molecule has 2 aromatic carbocycles. The molecule has 0 saturated carbocycles. The van der Waals surface area contributed by atoms with Gasteiger partial charge in [0.05, 0.1) is 30.0 Å². The highest BCUT2D eigenvalue weighted by Crippen LogP contribution is 2.42. The summed E-state index contributed by atoms with van der Waals surface area (Å²) < 4.78 is 24.8. The standard InChI is InChI=1S/C33H42FN4O3P/c1-23-18-27(33(39)40-4)12-13-30(23)37-24(2)21-38-16-14-26(15-17-38)31(42(5)6)8-7-9-32(36-3)41-22-28-11-10-25(20-35)19-29(28)34/h7-13,18-19,26,31,36H,14-17,21-22H2,1-6H3/b8-7-,32-9+,37-24?. The lowest BCUT2D eigenvalue weighted by Gasteiger charge is -2.36. The number of nitrogens with one attached hydrogen (secondary N) is 1. The van der Waals surface area contributed by atoms with Crippen molar-refractivity contribution in [3.8, 4) is 6.07 Å². The van der Waals surface area contributed by atoms with E-state index >= 15 is 0 Å². The molecule has 0 aliphatic carbocycles. The summed E-state index contributed by atoms with van der Waals surface area (Å²) in [5.41, 5.74) is 4.61. The van der Waals surface area contributed by atoms with Gasteiger partial charge in [-0.2, -0.15) is 5.26 Å². The molecule has 1 N–H and O–H groups in total. The summed E-state index contributed by atoms with van der Waals surface area (Å²) in [5, 5.41) is 12.0. The highest BCUT2D eigenvalue weighted by Gasteiger charge is 2.27. The highest BCUT2D eigenvalue weighted by atomic mass is 31.1. The van der Waals surface area contributed by atoms with Crippen molar-refractivity contribution < 1.29 is 18.7 Å². The second kappa shape index (κ2) is 16.2. The number of esters is 1. The van der Waals surface area contributed by atoms with E-state index in [2.05, 4.69) is 36.5 Å². The minimum atomic E-state index is -0.445. The summed E-state index contributed by atoms with van der Waals surface area (Å²) in [5.74, 6) is 0.390. The number of piperidine rings is 1. The number of aryl methyl sites for hydroxylation is 1. The van der Waals surface area contributed by atoms with Crippen LogP contribution in [0.25, 0.3) is 0 Å². The molecule has 1 heterocycles. The number of hydrogen-bond donors (Lipinski definition) is 1. The van der Waals surface area contributed by atoms with Crippen molar-refractivity contribution in [2.24, 2.45) is 10.9 Å². The normalized spacial score (nSPS) is 16.0. The van der Waals surface area contributed by atoms with E-state index in [1.165, 1.54) is 13.2 Å². The number of likely N-dealkylation sites (tertiary alicyclic amines) is 1. The summed E-state index contributed by atoms with van der Waals surface area (Å²) in [6, 6.07) is 11.8. The first kappa shape index (κ1) is 33.0. The van der Waals surface area contributed by atoms with E-state index in [9.17, 15) is 9.18 Å². The van der Waals surface area contributed by atoms with Crippen molar-refractivity contribution in [3.63, 3.8) is 0 Å². The van der Waals surface area contributed by atoms with E-state index in [0.717, 1.165) is 49.4 Å². The van der Waals surface area contributed by atoms with E-state index in [1.54, 1.807) is 25.2 Å². The zero-order valence-corrected chi connectivity index (χ0v) is 26.4. The van der Waals surface area contributed by atoms with Crippen LogP contribution in [-0.4, -0.2) is 69.4 Å². The van der Waals surface area contributed by atoms with Crippen LogP contribution in [0.2, 0.25) is 0 Å². The molecule has 1 atom stereocenters. The lowest BCUT2D eigenvalue weighted by Crippen LogP contribution is -2.39. The third-order valence-corrected chi connectivity index (χ3v) is 9.25. The summed E-state index contributed by atoms with van der Waals surface area (Å²) >= 11 is 0. The average molecular weight is 593 g/mol.